The van der Waals surface area contributed by atoms with Gasteiger partial charge in [0.05, 0.1) is 30.5 Å². The molecule has 3 aromatic rings. The normalized spacial score (nSPS) is 11.1. The highest BCUT2D eigenvalue weighted by Gasteiger charge is 2.15. The van der Waals surface area contributed by atoms with E-state index in [-0.39, 0.29) is 13.2 Å². The van der Waals surface area contributed by atoms with E-state index >= 15 is 0 Å². The van der Waals surface area contributed by atoms with E-state index in [0.29, 0.717) is 24.6 Å². The fourth-order valence-electron chi connectivity index (χ4n) is 2.52. The van der Waals surface area contributed by atoms with Gasteiger partial charge >= 0.3 is 0 Å². The molecule has 0 aliphatic heterocycles. The summed E-state index contributed by atoms with van der Waals surface area (Å²) in [6, 6.07) is 8.02. The molecule has 7 heteroatoms. The van der Waals surface area contributed by atoms with Crippen LogP contribution < -0.4 is 4.90 Å². The molecule has 1 aromatic carbocycles. The Morgan fingerprint density at radius 3 is 2.39 bits per heavy atom. The highest BCUT2D eigenvalue weighted by molar-refractivity contribution is 5.87. The van der Waals surface area contributed by atoms with Crippen LogP contribution in [0.15, 0.2) is 36.8 Å². The van der Waals surface area contributed by atoms with Gasteiger partial charge in [0.1, 0.15) is 12.1 Å². The van der Waals surface area contributed by atoms with Crippen LogP contribution in [0.25, 0.3) is 16.7 Å². The fourth-order valence-corrected chi connectivity index (χ4v) is 2.52. The maximum atomic E-state index is 9.22. The Kier molecular flexibility index (Phi) is 4.50. The number of nitrogens with zero attached hydrogens (tertiary/aromatic N) is 5. The molecule has 2 N–H and O–H groups in total. The summed E-state index contributed by atoms with van der Waals surface area (Å²) < 4.78 is 1.76. The van der Waals surface area contributed by atoms with E-state index in [9.17, 15) is 10.2 Å². The third-order valence-corrected chi connectivity index (χ3v) is 3.66. The molecule has 0 radical (unpaired) electrons. The number of aliphatic hydroxyl groups excluding tert-OH is 2. The van der Waals surface area contributed by atoms with Gasteiger partial charge in [-0.25, -0.2) is 14.6 Å². The average molecular weight is 313 g/mol. The standard InChI is InChI=1S/C16H19N5O2/c1-12-2-4-13(5-3-12)21-16-14(10-19-21)15(17-11-18-16)20(6-8-22)7-9-23/h2-5,10-11,22-23H,6-9H2,1H3. The van der Waals surface area contributed by atoms with E-state index in [1.807, 2.05) is 36.1 Å². The number of fused-ring (bicyclic) bond motifs is 1. The third kappa shape index (κ3) is 3.01. The van der Waals surface area contributed by atoms with E-state index in [1.165, 1.54) is 11.9 Å². The van der Waals surface area contributed by atoms with Gasteiger partial charge in [0, 0.05) is 13.1 Å². The van der Waals surface area contributed by atoms with E-state index in [1.54, 1.807) is 10.9 Å². The summed E-state index contributed by atoms with van der Waals surface area (Å²) in [7, 11) is 0. The van der Waals surface area contributed by atoms with Gasteiger partial charge in [0.2, 0.25) is 0 Å². The summed E-state index contributed by atoms with van der Waals surface area (Å²) in [6.07, 6.45) is 3.19. The molecule has 7 nitrogen and oxygen atoms in total. The van der Waals surface area contributed by atoms with Gasteiger partial charge < -0.3 is 15.1 Å². The van der Waals surface area contributed by atoms with E-state index in [4.69, 9.17) is 0 Å². The van der Waals surface area contributed by atoms with E-state index in [2.05, 4.69) is 15.1 Å². The van der Waals surface area contributed by atoms with Gasteiger partial charge in [-0.3, -0.25) is 0 Å². The Morgan fingerprint density at radius 2 is 1.74 bits per heavy atom. The SMILES string of the molecule is Cc1ccc(-n2ncc3c(N(CCO)CCO)ncnc32)cc1. The van der Waals surface area contributed by atoms with Crippen LogP contribution in [0.1, 0.15) is 5.56 Å². The van der Waals surface area contributed by atoms with Crippen molar-refractivity contribution in [2.45, 2.75) is 6.92 Å². The molecule has 0 aliphatic rings. The molecule has 0 fully saturated rings. The molecule has 0 unspecified atom stereocenters. The zero-order valence-electron chi connectivity index (χ0n) is 12.9. The van der Waals surface area contributed by atoms with Crippen molar-refractivity contribution in [3.8, 4) is 5.69 Å². The Hall–Kier alpha value is -2.51. The fraction of sp³-hybridized carbons (Fsp3) is 0.312. The number of aromatic nitrogens is 4. The van der Waals surface area contributed by atoms with Crippen molar-refractivity contribution in [1.82, 2.24) is 19.7 Å². The van der Waals surface area contributed by atoms with Crippen LogP contribution >= 0.6 is 0 Å². The van der Waals surface area contributed by atoms with Crippen LogP contribution in [0.5, 0.6) is 0 Å². The second-order valence-electron chi connectivity index (χ2n) is 5.26. The second kappa shape index (κ2) is 6.72. The van der Waals surface area contributed by atoms with Crippen molar-refractivity contribution < 1.29 is 10.2 Å². The van der Waals surface area contributed by atoms with Crippen molar-refractivity contribution in [2.75, 3.05) is 31.2 Å². The van der Waals surface area contributed by atoms with Crippen LogP contribution in [0.2, 0.25) is 0 Å². The molecule has 0 spiro atoms. The summed E-state index contributed by atoms with van der Waals surface area (Å²) in [5.41, 5.74) is 2.79. The zero-order valence-corrected chi connectivity index (χ0v) is 12.9. The molecule has 0 bridgehead atoms. The lowest BCUT2D eigenvalue weighted by molar-refractivity contribution is 0.281. The monoisotopic (exact) mass is 313 g/mol. The van der Waals surface area contributed by atoms with Crippen LogP contribution in [0, 0.1) is 6.92 Å². The van der Waals surface area contributed by atoms with Crippen molar-refractivity contribution in [3.05, 3.63) is 42.4 Å². The van der Waals surface area contributed by atoms with Gasteiger partial charge in [0.15, 0.2) is 5.65 Å². The van der Waals surface area contributed by atoms with Crippen molar-refractivity contribution in [3.63, 3.8) is 0 Å². The number of benzene rings is 1. The molecule has 0 atom stereocenters. The number of hydrogen-bond acceptors (Lipinski definition) is 6. The molecule has 0 saturated carbocycles. The number of hydrogen-bond donors (Lipinski definition) is 2. The number of aliphatic hydroxyl groups is 2. The van der Waals surface area contributed by atoms with Gasteiger partial charge in [-0.05, 0) is 19.1 Å². The van der Waals surface area contributed by atoms with Gasteiger partial charge in [-0.1, -0.05) is 17.7 Å². The molecular weight excluding hydrogens is 294 g/mol. The number of rotatable bonds is 6. The first kappa shape index (κ1) is 15.4. The Morgan fingerprint density at radius 1 is 1.04 bits per heavy atom. The lowest BCUT2D eigenvalue weighted by Gasteiger charge is -2.21. The molecule has 23 heavy (non-hydrogen) atoms. The highest BCUT2D eigenvalue weighted by atomic mass is 16.3. The maximum Gasteiger partial charge on any atom is 0.168 e. The Balaban J connectivity index is 2.08. The topological polar surface area (TPSA) is 87.3 Å². The first-order valence-electron chi connectivity index (χ1n) is 7.47. The van der Waals surface area contributed by atoms with E-state index < -0.39 is 0 Å². The average Bonchev–Trinajstić information content (AvgIpc) is 2.99. The van der Waals surface area contributed by atoms with Crippen LogP contribution in [-0.2, 0) is 0 Å². The quantitative estimate of drug-likeness (QED) is 0.703. The molecule has 2 heterocycles. The van der Waals surface area contributed by atoms with Crippen molar-refractivity contribution in [1.29, 1.82) is 0 Å². The maximum absolute atomic E-state index is 9.22. The van der Waals surface area contributed by atoms with Crippen molar-refractivity contribution in [2.24, 2.45) is 0 Å². The molecule has 0 aliphatic carbocycles. The Bertz CT molecular complexity index is 779. The minimum Gasteiger partial charge on any atom is -0.395 e. The first-order valence-corrected chi connectivity index (χ1v) is 7.47. The first-order chi connectivity index (χ1) is 11.2. The smallest absolute Gasteiger partial charge is 0.168 e. The summed E-state index contributed by atoms with van der Waals surface area (Å²) in [6.45, 7) is 2.78. The minimum absolute atomic E-state index is 0.0163. The van der Waals surface area contributed by atoms with Crippen LogP contribution in [0.4, 0.5) is 5.82 Å². The minimum atomic E-state index is -0.0163. The molecule has 0 amide bonds. The predicted molar refractivity (Wildman–Crippen MR) is 87.8 cm³/mol. The number of aryl methyl sites for hydroxylation is 1. The lowest BCUT2D eigenvalue weighted by atomic mass is 10.2. The molecule has 2 aromatic heterocycles. The zero-order chi connectivity index (χ0) is 16.2. The summed E-state index contributed by atoms with van der Waals surface area (Å²) in [4.78, 5) is 10.5. The largest absolute Gasteiger partial charge is 0.395 e. The molecule has 3 rings (SSSR count). The highest BCUT2D eigenvalue weighted by Crippen LogP contribution is 2.24. The summed E-state index contributed by atoms with van der Waals surface area (Å²) in [5.74, 6) is 0.663. The van der Waals surface area contributed by atoms with Crippen LogP contribution in [-0.4, -0.2) is 56.3 Å². The molecular formula is C16H19N5O2. The summed E-state index contributed by atoms with van der Waals surface area (Å²) in [5, 5.41) is 23.6. The predicted octanol–water partition coefficient (Wildman–Crippen LogP) is 0.915. The Labute approximate surface area is 133 Å². The lowest BCUT2D eigenvalue weighted by Crippen LogP contribution is -2.30. The second-order valence-corrected chi connectivity index (χ2v) is 5.26. The summed E-state index contributed by atoms with van der Waals surface area (Å²) >= 11 is 0. The van der Waals surface area contributed by atoms with Crippen molar-refractivity contribution >= 4 is 16.9 Å². The van der Waals surface area contributed by atoms with Gasteiger partial charge in [-0.2, -0.15) is 5.10 Å². The molecule has 0 saturated heterocycles. The van der Waals surface area contributed by atoms with E-state index in [0.717, 1.165) is 11.1 Å². The van der Waals surface area contributed by atoms with Gasteiger partial charge in [0.25, 0.3) is 0 Å². The van der Waals surface area contributed by atoms with Gasteiger partial charge in [-0.15, -0.1) is 0 Å². The number of anilines is 1. The molecule has 120 valence electrons. The third-order valence-electron chi connectivity index (χ3n) is 3.66. The van der Waals surface area contributed by atoms with Crippen LogP contribution in [0.3, 0.4) is 0 Å².